The Morgan fingerprint density at radius 3 is 2.68 bits per heavy atom. The summed E-state index contributed by atoms with van der Waals surface area (Å²) in [5, 5.41) is 7.90. The summed E-state index contributed by atoms with van der Waals surface area (Å²) >= 11 is 0. The minimum absolute atomic E-state index is 0.0779. The van der Waals surface area contributed by atoms with E-state index in [1.54, 1.807) is 4.90 Å². The normalized spacial score (nSPS) is 18.0. The van der Waals surface area contributed by atoms with Crippen LogP contribution >= 0.6 is 0 Å². The highest BCUT2D eigenvalue weighted by atomic mass is 16.6. The zero-order chi connectivity index (χ0) is 13.2. The smallest absolute Gasteiger partial charge is 0.277 e. The largest absolute Gasteiger partial charge is 0.387 e. The third-order valence-corrected chi connectivity index (χ3v) is 2.90. The monoisotopic (exact) mass is 258 g/mol. The van der Waals surface area contributed by atoms with E-state index >= 15 is 0 Å². The molecule has 0 saturated carbocycles. The quantitative estimate of drug-likeness (QED) is 0.842. The highest BCUT2D eigenvalue weighted by molar-refractivity contribution is 5.97. The maximum absolute atomic E-state index is 5.42. The van der Waals surface area contributed by atoms with E-state index in [0.29, 0.717) is 24.0 Å². The van der Waals surface area contributed by atoms with Gasteiger partial charge >= 0.3 is 0 Å². The van der Waals surface area contributed by atoms with Crippen LogP contribution < -0.4 is 4.90 Å². The molecule has 6 heteroatoms. The van der Waals surface area contributed by atoms with Gasteiger partial charge < -0.3 is 14.3 Å². The van der Waals surface area contributed by atoms with Crippen LogP contribution in [0.1, 0.15) is 24.0 Å². The molecule has 1 aliphatic rings. The van der Waals surface area contributed by atoms with Crippen LogP contribution in [-0.4, -0.2) is 29.9 Å². The van der Waals surface area contributed by atoms with Gasteiger partial charge in [-0.05, 0) is 10.7 Å². The molecule has 19 heavy (non-hydrogen) atoms. The molecule has 2 heterocycles. The second kappa shape index (κ2) is 4.72. The molecule has 3 rings (SSSR count). The minimum Gasteiger partial charge on any atom is -0.387 e. The van der Waals surface area contributed by atoms with Gasteiger partial charge in [0.25, 0.3) is 11.8 Å². The fourth-order valence-electron chi connectivity index (χ4n) is 1.86. The summed E-state index contributed by atoms with van der Waals surface area (Å²) in [5.41, 5.74) is 1.78. The topological polar surface area (TPSA) is 63.8 Å². The van der Waals surface area contributed by atoms with Crippen LogP contribution in [0.25, 0.3) is 0 Å². The van der Waals surface area contributed by atoms with Gasteiger partial charge in [-0.2, -0.15) is 4.98 Å². The Labute approximate surface area is 110 Å². The van der Waals surface area contributed by atoms with E-state index in [9.17, 15) is 0 Å². The molecule has 0 fully saturated rings. The Balaban J connectivity index is 1.74. The molecule has 0 aliphatic carbocycles. The van der Waals surface area contributed by atoms with Crippen molar-refractivity contribution in [2.45, 2.75) is 12.5 Å². The lowest BCUT2D eigenvalue weighted by Crippen LogP contribution is -2.10. The molecule has 98 valence electrons. The predicted molar refractivity (Wildman–Crippen MR) is 70.0 cm³/mol. The van der Waals surface area contributed by atoms with E-state index in [1.807, 2.05) is 44.4 Å². The van der Waals surface area contributed by atoms with E-state index in [0.717, 1.165) is 5.56 Å². The van der Waals surface area contributed by atoms with E-state index in [-0.39, 0.29) is 6.10 Å². The predicted octanol–water partition coefficient (Wildman–Crippen LogP) is 2.00. The maximum Gasteiger partial charge on any atom is 0.277 e. The lowest BCUT2D eigenvalue weighted by Gasteiger charge is -2.06. The maximum atomic E-state index is 5.42. The summed E-state index contributed by atoms with van der Waals surface area (Å²) in [7, 11) is 3.71. The number of oxime groups is 1. The average Bonchev–Trinajstić information content (AvgIpc) is 3.09. The van der Waals surface area contributed by atoms with Crippen LogP contribution in [0.3, 0.4) is 0 Å². The van der Waals surface area contributed by atoms with Gasteiger partial charge in [0, 0.05) is 20.5 Å². The van der Waals surface area contributed by atoms with Crippen LogP contribution in [0, 0.1) is 0 Å². The summed E-state index contributed by atoms with van der Waals surface area (Å²) in [5.74, 6) is 0.947. The van der Waals surface area contributed by atoms with Crippen molar-refractivity contribution in [3.05, 3.63) is 41.8 Å². The van der Waals surface area contributed by atoms with E-state index < -0.39 is 0 Å². The van der Waals surface area contributed by atoms with Crippen LogP contribution in [-0.2, 0) is 4.84 Å². The zero-order valence-electron chi connectivity index (χ0n) is 10.8. The molecule has 2 aromatic rings. The Morgan fingerprint density at radius 1 is 1.21 bits per heavy atom. The highest BCUT2D eigenvalue weighted by Crippen LogP contribution is 2.29. The third kappa shape index (κ3) is 2.29. The molecule has 0 spiro atoms. The van der Waals surface area contributed by atoms with Gasteiger partial charge in [-0.15, -0.1) is 0 Å². The number of benzene rings is 1. The van der Waals surface area contributed by atoms with Crippen molar-refractivity contribution in [3.8, 4) is 0 Å². The molecule has 1 aromatic carbocycles. The lowest BCUT2D eigenvalue weighted by atomic mass is 10.0. The summed E-state index contributed by atoms with van der Waals surface area (Å²) < 4.78 is 5.18. The summed E-state index contributed by atoms with van der Waals surface area (Å²) in [6.07, 6.45) is 0.560. The molecule has 0 saturated heterocycles. The molecule has 0 bridgehead atoms. The summed E-state index contributed by atoms with van der Waals surface area (Å²) in [4.78, 5) is 11.5. The van der Waals surface area contributed by atoms with Gasteiger partial charge in [0.05, 0.1) is 0 Å². The standard InChI is InChI=1S/C13H14N4O2/c1-17(2)13-14-12(19-16-13)10-8-11(18-15-10)9-6-4-3-5-7-9/h3-7,11H,8H2,1-2H3. The van der Waals surface area contributed by atoms with Crippen molar-refractivity contribution in [1.82, 2.24) is 10.1 Å². The van der Waals surface area contributed by atoms with Crippen molar-refractivity contribution >= 4 is 11.7 Å². The molecular weight excluding hydrogens is 244 g/mol. The van der Waals surface area contributed by atoms with Crippen molar-refractivity contribution < 1.29 is 9.36 Å². The van der Waals surface area contributed by atoms with Crippen molar-refractivity contribution in [2.75, 3.05) is 19.0 Å². The first kappa shape index (κ1) is 11.7. The van der Waals surface area contributed by atoms with Crippen LogP contribution in [0.4, 0.5) is 5.95 Å². The molecule has 0 N–H and O–H groups in total. The third-order valence-electron chi connectivity index (χ3n) is 2.90. The van der Waals surface area contributed by atoms with E-state index in [2.05, 4.69) is 15.3 Å². The summed E-state index contributed by atoms with van der Waals surface area (Å²) in [6.45, 7) is 0. The Kier molecular flexibility index (Phi) is 2.91. The lowest BCUT2D eigenvalue weighted by molar-refractivity contribution is 0.0857. The van der Waals surface area contributed by atoms with E-state index in [4.69, 9.17) is 9.36 Å². The molecule has 0 amide bonds. The second-order valence-corrected chi connectivity index (χ2v) is 4.54. The molecule has 1 aliphatic heterocycles. The SMILES string of the molecule is CN(C)c1noc(C2=NOC(c3ccccc3)C2)n1. The Bertz CT molecular complexity index is 592. The fraction of sp³-hybridized carbons (Fsp3) is 0.308. The zero-order valence-corrected chi connectivity index (χ0v) is 10.8. The van der Waals surface area contributed by atoms with Gasteiger partial charge in [-0.3, -0.25) is 0 Å². The van der Waals surface area contributed by atoms with E-state index in [1.165, 1.54) is 0 Å². The van der Waals surface area contributed by atoms with Crippen LogP contribution in [0.2, 0.25) is 0 Å². The van der Waals surface area contributed by atoms with Gasteiger partial charge in [0.2, 0.25) is 0 Å². The molecule has 1 atom stereocenters. The second-order valence-electron chi connectivity index (χ2n) is 4.54. The first-order chi connectivity index (χ1) is 9.24. The number of aromatic nitrogens is 2. The Hall–Kier alpha value is -2.37. The Morgan fingerprint density at radius 2 is 2.00 bits per heavy atom. The van der Waals surface area contributed by atoms with Crippen molar-refractivity contribution in [3.63, 3.8) is 0 Å². The number of nitrogens with zero attached hydrogens (tertiary/aromatic N) is 4. The van der Waals surface area contributed by atoms with Gasteiger partial charge in [-0.1, -0.05) is 35.5 Å². The molecule has 0 radical (unpaired) electrons. The van der Waals surface area contributed by atoms with Gasteiger partial charge in [0.1, 0.15) is 5.71 Å². The first-order valence-electron chi connectivity index (χ1n) is 6.03. The molecule has 6 nitrogen and oxygen atoms in total. The minimum atomic E-state index is -0.0779. The molecule has 1 unspecified atom stereocenters. The van der Waals surface area contributed by atoms with Gasteiger partial charge in [-0.25, -0.2) is 0 Å². The van der Waals surface area contributed by atoms with Crippen LogP contribution in [0.5, 0.6) is 0 Å². The highest BCUT2D eigenvalue weighted by Gasteiger charge is 2.27. The first-order valence-corrected chi connectivity index (χ1v) is 6.03. The van der Waals surface area contributed by atoms with Crippen LogP contribution in [0.15, 0.2) is 40.0 Å². The van der Waals surface area contributed by atoms with Crippen molar-refractivity contribution in [2.24, 2.45) is 5.16 Å². The number of rotatable bonds is 3. The van der Waals surface area contributed by atoms with Gasteiger partial charge in [0.15, 0.2) is 6.10 Å². The molecule has 1 aromatic heterocycles. The number of hydrogen-bond acceptors (Lipinski definition) is 6. The number of anilines is 1. The van der Waals surface area contributed by atoms with Crippen molar-refractivity contribution in [1.29, 1.82) is 0 Å². The molecular formula is C13H14N4O2. The summed E-state index contributed by atoms with van der Waals surface area (Å²) in [6, 6.07) is 9.97. The fourth-order valence-corrected chi connectivity index (χ4v) is 1.86. The average molecular weight is 258 g/mol. The number of hydrogen-bond donors (Lipinski definition) is 0.